The minimum Gasteiger partial charge on any atom is -0.494 e. The van der Waals surface area contributed by atoms with Gasteiger partial charge < -0.3 is 19.5 Å². The number of carbonyl (C=O) groups is 3. The average Bonchev–Trinajstić information content (AvgIpc) is 3.08. The van der Waals surface area contributed by atoms with E-state index in [4.69, 9.17) is 14.2 Å². The second kappa shape index (κ2) is 16.8. The Morgan fingerprint density at radius 1 is 0.620 bits per heavy atom. The number of benzene rings is 4. The molecular weight excluding hydrogens is 790 g/mol. The maximum atomic E-state index is 13.2. The smallest absolute Gasteiger partial charge is 0.236 e. The molecule has 12 heteroatoms. The molecular formula is C38H39Br2NO8S. The quantitative estimate of drug-likeness (QED) is 0.0644. The molecule has 0 spiro atoms. The van der Waals surface area contributed by atoms with Gasteiger partial charge in [0, 0.05) is 17.5 Å². The van der Waals surface area contributed by atoms with E-state index in [0.717, 1.165) is 0 Å². The number of ether oxygens (including phenoxy) is 3. The molecule has 0 radical (unpaired) electrons. The van der Waals surface area contributed by atoms with Gasteiger partial charge in [-0.15, -0.1) is 0 Å². The van der Waals surface area contributed by atoms with Gasteiger partial charge in [-0.3, -0.25) is 14.4 Å². The van der Waals surface area contributed by atoms with E-state index in [2.05, 4.69) is 37.2 Å². The Hall–Kier alpha value is -4.00. The Kier molecular flexibility index (Phi) is 13.0. The number of rotatable bonds is 17. The molecule has 0 aliphatic rings. The zero-order valence-electron chi connectivity index (χ0n) is 28.2. The van der Waals surface area contributed by atoms with Crippen LogP contribution in [0.5, 0.6) is 23.0 Å². The van der Waals surface area contributed by atoms with Gasteiger partial charge in [-0.1, -0.05) is 31.9 Å². The largest absolute Gasteiger partial charge is 0.494 e. The van der Waals surface area contributed by atoms with Crippen molar-refractivity contribution in [1.29, 1.82) is 0 Å². The highest BCUT2D eigenvalue weighted by atomic mass is 79.9. The fourth-order valence-electron chi connectivity index (χ4n) is 4.48. The average molecular weight is 830 g/mol. The van der Waals surface area contributed by atoms with Gasteiger partial charge in [0.25, 0.3) is 0 Å². The van der Waals surface area contributed by atoms with E-state index in [1.165, 1.54) is 24.3 Å². The van der Waals surface area contributed by atoms with Crippen molar-refractivity contribution in [2.45, 2.75) is 59.0 Å². The molecule has 4 rings (SSSR count). The summed E-state index contributed by atoms with van der Waals surface area (Å²) in [4.78, 5) is 37.2. The van der Waals surface area contributed by atoms with E-state index < -0.39 is 18.5 Å². The number of Topliss-reactive ketones (excluding diaryl/α,β-unsaturated/α-hetero) is 1. The highest BCUT2D eigenvalue weighted by Crippen LogP contribution is 2.28. The summed E-state index contributed by atoms with van der Waals surface area (Å²) in [6.45, 7) is 8.07. The first kappa shape index (κ1) is 38.8. The van der Waals surface area contributed by atoms with Crippen molar-refractivity contribution in [3.8, 4) is 23.0 Å². The van der Waals surface area contributed by atoms with Crippen LogP contribution < -0.4 is 19.5 Å². The molecule has 0 bridgehead atoms. The fraction of sp³-hybridized carbons (Fsp3) is 0.289. The topological polar surface area (TPSA) is 125 Å². The fourth-order valence-corrected chi connectivity index (χ4v) is 6.08. The van der Waals surface area contributed by atoms with Crippen LogP contribution in [0.3, 0.4) is 0 Å². The second-order valence-electron chi connectivity index (χ2n) is 12.4. The van der Waals surface area contributed by atoms with Crippen LogP contribution in [0.4, 0.5) is 0 Å². The molecule has 1 N–H and O–H groups in total. The van der Waals surface area contributed by atoms with Gasteiger partial charge in [0.2, 0.25) is 15.7 Å². The minimum atomic E-state index is -3.79. The number of carbonyl (C=O) groups excluding carboxylic acids is 3. The lowest BCUT2D eigenvalue weighted by Crippen LogP contribution is -2.39. The summed E-state index contributed by atoms with van der Waals surface area (Å²) in [5, 5.41) is 2.75. The number of hydrogen-bond donors (Lipinski definition) is 1. The third-order valence-corrected chi connectivity index (χ3v) is 10.0. The van der Waals surface area contributed by atoms with Crippen molar-refractivity contribution in [3.63, 3.8) is 0 Å². The van der Waals surface area contributed by atoms with Crippen molar-refractivity contribution in [3.05, 3.63) is 108 Å². The maximum Gasteiger partial charge on any atom is 0.236 e. The van der Waals surface area contributed by atoms with Crippen molar-refractivity contribution in [2.75, 3.05) is 19.8 Å². The molecule has 0 heterocycles. The summed E-state index contributed by atoms with van der Waals surface area (Å²) in [6, 6.07) is 25.7. The van der Waals surface area contributed by atoms with Gasteiger partial charge in [-0.05, 0) is 131 Å². The number of hydrogen-bond acceptors (Lipinski definition) is 8. The monoisotopic (exact) mass is 827 g/mol. The molecule has 0 fully saturated rings. The third-order valence-electron chi connectivity index (χ3n) is 7.41. The minimum absolute atomic E-state index is 0.102. The molecule has 0 saturated heterocycles. The molecule has 4 aromatic rings. The van der Waals surface area contributed by atoms with Crippen LogP contribution in [0.1, 0.15) is 56.5 Å². The molecule has 0 unspecified atom stereocenters. The van der Waals surface area contributed by atoms with Crippen LogP contribution in [0.15, 0.2) is 107 Å². The number of amides is 1. The van der Waals surface area contributed by atoms with E-state index >= 15 is 0 Å². The van der Waals surface area contributed by atoms with Crippen molar-refractivity contribution in [1.82, 2.24) is 5.32 Å². The van der Waals surface area contributed by atoms with Gasteiger partial charge in [0.05, 0.1) is 31.6 Å². The van der Waals surface area contributed by atoms with Gasteiger partial charge in [-0.25, -0.2) is 8.42 Å². The van der Waals surface area contributed by atoms with E-state index in [1.807, 2.05) is 13.8 Å². The van der Waals surface area contributed by atoms with Gasteiger partial charge in [0.1, 0.15) is 35.4 Å². The van der Waals surface area contributed by atoms with Crippen molar-refractivity contribution >= 4 is 59.2 Å². The van der Waals surface area contributed by atoms with Gasteiger partial charge >= 0.3 is 0 Å². The highest BCUT2D eigenvalue weighted by Gasteiger charge is 2.24. The highest BCUT2D eigenvalue weighted by molar-refractivity contribution is 9.10. The molecule has 50 heavy (non-hydrogen) atoms. The molecule has 1 amide bonds. The number of halogens is 2. The molecule has 0 aliphatic carbocycles. The zero-order valence-corrected chi connectivity index (χ0v) is 32.2. The van der Waals surface area contributed by atoms with Crippen LogP contribution in [0, 0.1) is 0 Å². The van der Waals surface area contributed by atoms with Crippen LogP contribution in [-0.4, -0.2) is 54.3 Å². The van der Waals surface area contributed by atoms with Crippen molar-refractivity contribution in [2.24, 2.45) is 0 Å². The van der Waals surface area contributed by atoms with Crippen molar-refractivity contribution < 1.29 is 37.0 Å². The Morgan fingerprint density at radius 3 is 1.50 bits per heavy atom. The Labute approximate surface area is 309 Å². The van der Waals surface area contributed by atoms with Crippen LogP contribution in [0.25, 0.3) is 0 Å². The molecule has 0 aliphatic heterocycles. The van der Waals surface area contributed by atoms with Crippen LogP contribution in [-0.2, 0) is 19.4 Å². The predicted molar refractivity (Wildman–Crippen MR) is 199 cm³/mol. The number of nitrogens with one attached hydrogen (secondary N) is 1. The maximum absolute atomic E-state index is 13.2. The Morgan fingerprint density at radius 2 is 1.04 bits per heavy atom. The molecule has 9 nitrogen and oxygen atoms in total. The van der Waals surface area contributed by atoms with E-state index in [9.17, 15) is 22.8 Å². The lowest BCUT2D eigenvalue weighted by molar-refractivity contribution is -0.122. The molecule has 0 atom stereocenters. The van der Waals surface area contributed by atoms with E-state index in [1.54, 1.807) is 86.6 Å². The van der Waals surface area contributed by atoms with E-state index in [-0.39, 0.29) is 33.9 Å². The molecule has 4 aromatic carbocycles. The number of alkyl halides is 2. The lowest BCUT2D eigenvalue weighted by Gasteiger charge is -2.16. The summed E-state index contributed by atoms with van der Waals surface area (Å²) >= 11 is 6.67. The van der Waals surface area contributed by atoms with Crippen LogP contribution >= 0.6 is 31.9 Å². The zero-order chi connectivity index (χ0) is 36.5. The SMILES string of the molecule is CC(C)(Br)C(=O)CCCOc1ccc(C(=O)c2ccc(Oc3ccc(S(=O)(=O)c4ccc(OCCNC(=O)C(C)(C)Br)cc4)cc3)cc2)cc1. The van der Waals surface area contributed by atoms with Crippen LogP contribution in [0.2, 0.25) is 0 Å². The summed E-state index contributed by atoms with van der Waals surface area (Å²) in [5.74, 6) is 1.80. The lowest BCUT2D eigenvalue weighted by atomic mass is 10.0. The Bertz CT molecular complexity index is 1880. The summed E-state index contributed by atoms with van der Waals surface area (Å²) in [6.07, 6.45) is 1.01. The van der Waals surface area contributed by atoms with Gasteiger partial charge in [-0.2, -0.15) is 0 Å². The van der Waals surface area contributed by atoms with E-state index in [0.29, 0.717) is 60.1 Å². The second-order valence-corrected chi connectivity index (χ2v) is 18.3. The normalized spacial score (nSPS) is 11.8. The standard InChI is InChI=1S/C38H39Br2NO8S/c1-37(2,39)34(42)6-5-24-47-28-11-7-26(8-12-28)35(43)27-9-13-30(14-10-27)49-31-17-21-33(22-18-31)50(45,46)32-19-15-29(16-20-32)48-25-23-41-36(44)38(3,4)40/h7-22H,5-6,23-25H2,1-4H3,(H,41,44). The first-order valence-corrected chi connectivity index (χ1v) is 18.9. The summed E-state index contributed by atoms with van der Waals surface area (Å²) < 4.78 is 42.4. The third kappa shape index (κ3) is 11.0. The molecule has 0 aromatic heterocycles. The number of sulfone groups is 1. The van der Waals surface area contributed by atoms with Gasteiger partial charge in [0.15, 0.2) is 5.78 Å². The first-order valence-electron chi connectivity index (χ1n) is 15.9. The number of ketones is 2. The predicted octanol–water partition coefficient (Wildman–Crippen LogP) is 8.11. The summed E-state index contributed by atoms with van der Waals surface area (Å²) in [7, 11) is -3.79. The molecule has 264 valence electrons. The Balaban J connectivity index is 1.27. The first-order chi connectivity index (χ1) is 23.5. The summed E-state index contributed by atoms with van der Waals surface area (Å²) in [5.41, 5.74) is 0.978. The molecule has 0 saturated carbocycles.